The van der Waals surface area contributed by atoms with E-state index in [0.29, 0.717) is 6.61 Å². The van der Waals surface area contributed by atoms with E-state index in [-0.39, 0.29) is 0 Å². The van der Waals surface area contributed by atoms with E-state index in [2.05, 4.69) is 17.3 Å². The van der Waals surface area contributed by atoms with Gasteiger partial charge in [-0.2, -0.15) is 0 Å². The van der Waals surface area contributed by atoms with Crippen LogP contribution in [-0.4, -0.2) is 49.8 Å². The summed E-state index contributed by atoms with van der Waals surface area (Å²) in [7, 11) is 2.19. The van der Waals surface area contributed by atoms with E-state index < -0.39 is 0 Å². The SMILES string of the molecule is CN(CCCCO)CC1CCCNC1. The van der Waals surface area contributed by atoms with Gasteiger partial charge >= 0.3 is 0 Å². The Morgan fingerprint density at radius 2 is 2.29 bits per heavy atom. The number of nitrogens with one attached hydrogen (secondary N) is 1. The van der Waals surface area contributed by atoms with Crippen LogP contribution in [0.1, 0.15) is 25.7 Å². The van der Waals surface area contributed by atoms with Crippen LogP contribution in [-0.2, 0) is 0 Å². The van der Waals surface area contributed by atoms with E-state index in [1.54, 1.807) is 0 Å². The maximum Gasteiger partial charge on any atom is 0.0431 e. The zero-order valence-electron chi connectivity index (χ0n) is 9.34. The summed E-state index contributed by atoms with van der Waals surface area (Å²) in [5.41, 5.74) is 0. The number of rotatable bonds is 6. The van der Waals surface area contributed by atoms with Gasteiger partial charge in [0, 0.05) is 13.2 Å². The van der Waals surface area contributed by atoms with E-state index in [4.69, 9.17) is 5.11 Å². The van der Waals surface area contributed by atoms with E-state index in [9.17, 15) is 0 Å². The van der Waals surface area contributed by atoms with Crippen LogP contribution in [0.25, 0.3) is 0 Å². The van der Waals surface area contributed by atoms with Crippen molar-refractivity contribution in [2.24, 2.45) is 5.92 Å². The maximum absolute atomic E-state index is 8.67. The highest BCUT2D eigenvalue weighted by molar-refractivity contribution is 4.71. The fourth-order valence-corrected chi connectivity index (χ4v) is 2.11. The smallest absolute Gasteiger partial charge is 0.0431 e. The molecule has 1 aliphatic heterocycles. The summed E-state index contributed by atoms with van der Waals surface area (Å²) < 4.78 is 0. The molecule has 0 aromatic carbocycles. The summed E-state index contributed by atoms with van der Waals surface area (Å²) in [5.74, 6) is 0.836. The monoisotopic (exact) mass is 200 g/mol. The van der Waals surface area contributed by atoms with Gasteiger partial charge in [0.1, 0.15) is 0 Å². The molecule has 0 amide bonds. The predicted octanol–water partition coefficient (Wildman–Crippen LogP) is 0.690. The number of unbranched alkanes of at least 4 members (excludes halogenated alkanes) is 1. The zero-order valence-corrected chi connectivity index (χ0v) is 9.34. The first-order chi connectivity index (χ1) is 6.83. The molecule has 3 heteroatoms. The standard InChI is InChI=1S/C11H24N2O/c1-13(7-2-3-8-14)10-11-5-4-6-12-9-11/h11-12,14H,2-10H2,1H3. The molecule has 1 heterocycles. The number of hydrogen-bond acceptors (Lipinski definition) is 3. The van der Waals surface area contributed by atoms with Crippen molar-refractivity contribution in [1.82, 2.24) is 10.2 Å². The fourth-order valence-electron chi connectivity index (χ4n) is 2.11. The Balaban J connectivity index is 2.03. The number of nitrogens with zero attached hydrogens (tertiary/aromatic N) is 1. The molecule has 0 spiro atoms. The zero-order chi connectivity index (χ0) is 10.2. The second-order valence-electron chi connectivity index (χ2n) is 4.41. The summed E-state index contributed by atoms with van der Waals surface area (Å²) in [5, 5.41) is 12.1. The highest BCUT2D eigenvalue weighted by Gasteiger charge is 2.14. The van der Waals surface area contributed by atoms with E-state index in [1.165, 1.54) is 32.5 Å². The molecule has 1 rings (SSSR count). The van der Waals surface area contributed by atoms with Gasteiger partial charge in [-0.1, -0.05) is 0 Å². The molecule has 1 unspecified atom stereocenters. The molecule has 1 saturated heterocycles. The highest BCUT2D eigenvalue weighted by atomic mass is 16.2. The van der Waals surface area contributed by atoms with Crippen molar-refractivity contribution in [3.05, 3.63) is 0 Å². The second kappa shape index (κ2) is 7.21. The Hall–Kier alpha value is -0.120. The van der Waals surface area contributed by atoms with Crippen LogP contribution < -0.4 is 5.32 Å². The van der Waals surface area contributed by atoms with Gasteiger partial charge in [-0.15, -0.1) is 0 Å². The van der Waals surface area contributed by atoms with Crippen molar-refractivity contribution in [1.29, 1.82) is 0 Å². The average Bonchev–Trinajstić information content (AvgIpc) is 2.20. The topological polar surface area (TPSA) is 35.5 Å². The Morgan fingerprint density at radius 1 is 1.43 bits per heavy atom. The minimum atomic E-state index is 0.332. The lowest BCUT2D eigenvalue weighted by molar-refractivity contribution is 0.227. The van der Waals surface area contributed by atoms with Crippen molar-refractivity contribution < 1.29 is 5.11 Å². The van der Waals surface area contributed by atoms with E-state index in [0.717, 1.165) is 25.3 Å². The highest BCUT2D eigenvalue weighted by Crippen LogP contribution is 2.11. The van der Waals surface area contributed by atoms with Crippen molar-refractivity contribution in [2.45, 2.75) is 25.7 Å². The first-order valence-corrected chi connectivity index (χ1v) is 5.83. The molecular weight excluding hydrogens is 176 g/mol. The fraction of sp³-hybridized carbons (Fsp3) is 1.00. The third-order valence-electron chi connectivity index (χ3n) is 2.92. The third kappa shape index (κ3) is 4.94. The maximum atomic E-state index is 8.67. The Morgan fingerprint density at radius 3 is 2.93 bits per heavy atom. The van der Waals surface area contributed by atoms with Gasteiger partial charge in [0.2, 0.25) is 0 Å². The van der Waals surface area contributed by atoms with Crippen molar-refractivity contribution in [3.8, 4) is 0 Å². The van der Waals surface area contributed by atoms with Crippen LogP contribution in [0.4, 0.5) is 0 Å². The molecule has 1 atom stereocenters. The molecule has 3 nitrogen and oxygen atoms in total. The number of hydrogen-bond donors (Lipinski definition) is 2. The molecule has 0 saturated carbocycles. The van der Waals surface area contributed by atoms with Gasteiger partial charge in [0.05, 0.1) is 0 Å². The van der Waals surface area contributed by atoms with Crippen LogP contribution in [0.3, 0.4) is 0 Å². The van der Waals surface area contributed by atoms with Gasteiger partial charge < -0.3 is 15.3 Å². The molecule has 1 fully saturated rings. The average molecular weight is 200 g/mol. The van der Waals surface area contributed by atoms with Gasteiger partial charge in [-0.25, -0.2) is 0 Å². The van der Waals surface area contributed by atoms with Crippen molar-refractivity contribution in [3.63, 3.8) is 0 Å². The first kappa shape index (κ1) is 12.0. The summed E-state index contributed by atoms with van der Waals surface area (Å²) >= 11 is 0. The Bertz CT molecular complexity index is 135. The molecular formula is C11H24N2O. The van der Waals surface area contributed by atoms with Gasteiger partial charge in [-0.3, -0.25) is 0 Å². The lowest BCUT2D eigenvalue weighted by Crippen LogP contribution is -2.37. The third-order valence-corrected chi connectivity index (χ3v) is 2.92. The van der Waals surface area contributed by atoms with Gasteiger partial charge in [0.25, 0.3) is 0 Å². The van der Waals surface area contributed by atoms with Gasteiger partial charge in [-0.05, 0) is 58.3 Å². The molecule has 0 aliphatic carbocycles. The lowest BCUT2D eigenvalue weighted by Gasteiger charge is -2.27. The summed E-state index contributed by atoms with van der Waals surface area (Å²) in [6.07, 6.45) is 4.76. The summed E-state index contributed by atoms with van der Waals surface area (Å²) in [6.45, 7) is 5.05. The van der Waals surface area contributed by atoms with Crippen LogP contribution in [0.5, 0.6) is 0 Å². The van der Waals surface area contributed by atoms with Crippen LogP contribution >= 0.6 is 0 Å². The largest absolute Gasteiger partial charge is 0.396 e. The quantitative estimate of drug-likeness (QED) is 0.619. The van der Waals surface area contributed by atoms with E-state index >= 15 is 0 Å². The Labute approximate surface area is 87.5 Å². The molecule has 0 aromatic rings. The normalized spacial score (nSPS) is 22.9. The summed E-state index contributed by atoms with van der Waals surface area (Å²) in [4.78, 5) is 2.40. The van der Waals surface area contributed by atoms with E-state index in [1.807, 2.05) is 0 Å². The number of aliphatic hydroxyl groups is 1. The number of piperidine rings is 1. The molecule has 0 aromatic heterocycles. The summed E-state index contributed by atoms with van der Waals surface area (Å²) in [6, 6.07) is 0. The number of aliphatic hydroxyl groups excluding tert-OH is 1. The minimum absolute atomic E-state index is 0.332. The lowest BCUT2D eigenvalue weighted by atomic mass is 9.99. The molecule has 84 valence electrons. The van der Waals surface area contributed by atoms with Crippen molar-refractivity contribution in [2.75, 3.05) is 39.8 Å². The van der Waals surface area contributed by atoms with Gasteiger partial charge in [0.15, 0.2) is 0 Å². The van der Waals surface area contributed by atoms with Crippen LogP contribution in [0.2, 0.25) is 0 Å². The molecule has 14 heavy (non-hydrogen) atoms. The van der Waals surface area contributed by atoms with Crippen LogP contribution in [0.15, 0.2) is 0 Å². The van der Waals surface area contributed by atoms with Crippen molar-refractivity contribution >= 4 is 0 Å². The molecule has 0 bridgehead atoms. The van der Waals surface area contributed by atoms with Crippen LogP contribution in [0, 0.1) is 5.92 Å². The first-order valence-electron chi connectivity index (χ1n) is 5.83. The molecule has 0 radical (unpaired) electrons. The minimum Gasteiger partial charge on any atom is -0.396 e. The predicted molar refractivity (Wildman–Crippen MR) is 59.4 cm³/mol. The second-order valence-corrected chi connectivity index (χ2v) is 4.41. The molecule has 1 aliphatic rings. The molecule has 2 N–H and O–H groups in total. The Kier molecular flexibility index (Phi) is 6.15.